The number of aryl methyl sites for hydroxylation is 1. The van der Waals surface area contributed by atoms with Crippen LogP contribution in [0.15, 0.2) is 36.5 Å². The summed E-state index contributed by atoms with van der Waals surface area (Å²) < 4.78 is 12.8. The molecule has 11 heteroatoms. The molecule has 0 aliphatic carbocycles. The van der Waals surface area contributed by atoms with Gasteiger partial charge in [0.2, 0.25) is 0 Å². The van der Waals surface area contributed by atoms with E-state index in [4.69, 9.17) is 26.1 Å². The second-order valence-electron chi connectivity index (χ2n) is 8.77. The molecule has 0 saturated carbocycles. The van der Waals surface area contributed by atoms with Crippen molar-refractivity contribution < 1.29 is 19.4 Å². The van der Waals surface area contributed by atoms with Gasteiger partial charge in [-0.05, 0) is 43.7 Å². The van der Waals surface area contributed by atoms with Crippen LogP contribution >= 0.6 is 11.6 Å². The van der Waals surface area contributed by atoms with Gasteiger partial charge >= 0.3 is 0 Å². The van der Waals surface area contributed by atoms with Gasteiger partial charge in [0, 0.05) is 24.4 Å². The first-order valence-electron chi connectivity index (χ1n) is 10.9. The Kier molecular flexibility index (Phi) is 6.95. The van der Waals surface area contributed by atoms with E-state index < -0.39 is 5.54 Å². The first kappa shape index (κ1) is 24.5. The molecule has 2 heterocycles. The van der Waals surface area contributed by atoms with Gasteiger partial charge in [0.1, 0.15) is 5.82 Å². The van der Waals surface area contributed by atoms with E-state index >= 15 is 0 Å². The molecule has 0 aliphatic rings. The molecule has 0 saturated heterocycles. The van der Waals surface area contributed by atoms with Crippen LogP contribution in [0.25, 0.3) is 22.3 Å². The van der Waals surface area contributed by atoms with Gasteiger partial charge in [-0.1, -0.05) is 17.7 Å². The van der Waals surface area contributed by atoms with Crippen LogP contribution in [0, 0.1) is 0 Å². The van der Waals surface area contributed by atoms with E-state index in [2.05, 4.69) is 20.6 Å². The molecule has 10 nitrogen and oxygen atoms in total. The van der Waals surface area contributed by atoms with Crippen LogP contribution in [0.4, 0.5) is 0 Å². The molecule has 2 aromatic heterocycles. The van der Waals surface area contributed by atoms with Crippen molar-refractivity contribution in [2.45, 2.75) is 25.8 Å². The van der Waals surface area contributed by atoms with E-state index in [0.717, 1.165) is 27.9 Å². The van der Waals surface area contributed by atoms with E-state index in [1.54, 1.807) is 42.9 Å². The Labute approximate surface area is 207 Å². The molecule has 3 N–H and O–H groups in total. The Morgan fingerprint density at radius 2 is 2.06 bits per heavy atom. The Balaban J connectivity index is 1.51. The topological polar surface area (TPSA) is 127 Å². The van der Waals surface area contributed by atoms with Crippen molar-refractivity contribution in [2.75, 3.05) is 20.3 Å². The highest BCUT2D eigenvalue weighted by Crippen LogP contribution is 2.32. The molecule has 4 aromatic rings. The maximum atomic E-state index is 12.1. The lowest BCUT2D eigenvalue weighted by molar-refractivity contribution is -0.125. The molecule has 0 spiro atoms. The average molecular weight is 499 g/mol. The number of rotatable bonds is 9. The Morgan fingerprint density at radius 3 is 2.80 bits per heavy atom. The SMILES string of the molecule is COc1cc(-c2nc(Cc3ccc4[nH]ncc4c3Cl)n(C)n2)ccc1OCC(=O)NC(C)(C)CO. The Hall–Kier alpha value is -3.63. The number of nitrogens with one attached hydrogen (secondary N) is 2. The second-order valence-corrected chi connectivity index (χ2v) is 9.14. The molecule has 0 unspecified atom stereocenters. The number of halogens is 1. The zero-order valence-electron chi connectivity index (χ0n) is 19.9. The summed E-state index contributed by atoms with van der Waals surface area (Å²) in [5.41, 5.74) is 1.80. The predicted molar refractivity (Wildman–Crippen MR) is 132 cm³/mol. The van der Waals surface area contributed by atoms with Gasteiger partial charge in [-0.2, -0.15) is 10.2 Å². The normalized spacial score (nSPS) is 11.6. The lowest BCUT2D eigenvalue weighted by Crippen LogP contribution is -2.48. The minimum absolute atomic E-state index is 0.181. The van der Waals surface area contributed by atoms with Crippen LogP contribution in [0.1, 0.15) is 25.2 Å². The smallest absolute Gasteiger partial charge is 0.258 e. The molecule has 1 amide bonds. The summed E-state index contributed by atoms with van der Waals surface area (Å²) in [6.07, 6.45) is 2.21. The van der Waals surface area contributed by atoms with Crippen molar-refractivity contribution in [3.05, 3.63) is 52.9 Å². The van der Waals surface area contributed by atoms with E-state index in [1.165, 1.54) is 7.11 Å². The molecular weight excluding hydrogens is 472 g/mol. The highest BCUT2D eigenvalue weighted by molar-refractivity contribution is 6.36. The van der Waals surface area contributed by atoms with Crippen molar-refractivity contribution in [1.82, 2.24) is 30.3 Å². The van der Waals surface area contributed by atoms with Gasteiger partial charge in [-0.15, -0.1) is 0 Å². The quantitative estimate of drug-likeness (QED) is 0.324. The molecule has 0 atom stereocenters. The fourth-order valence-electron chi connectivity index (χ4n) is 3.55. The van der Waals surface area contributed by atoms with E-state index in [-0.39, 0.29) is 19.1 Å². The Morgan fingerprint density at radius 1 is 1.26 bits per heavy atom. The third-order valence-corrected chi connectivity index (χ3v) is 5.94. The van der Waals surface area contributed by atoms with Crippen molar-refractivity contribution in [2.24, 2.45) is 7.05 Å². The molecule has 4 rings (SSSR count). The zero-order valence-corrected chi connectivity index (χ0v) is 20.7. The first-order chi connectivity index (χ1) is 16.7. The average Bonchev–Trinajstić information content (AvgIpc) is 3.46. The van der Waals surface area contributed by atoms with Crippen molar-refractivity contribution >= 4 is 28.4 Å². The summed E-state index contributed by atoms with van der Waals surface area (Å²) in [4.78, 5) is 16.8. The third-order valence-electron chi connectivity index (χ3n) is 5.49. The number of H-pyrrole nitrogens is 1. The maximum absolute atomic E-state index is 12.1. The number of carbonyl (C=O) groups is 1. The number of carbonyl (C=O) groups excluding carboxylic acids is 1. The van der Waals surface area contributed by atoms with Crippen molar-refractivity contribution in [3.8, 4) is 22.9 Å². The largest absolute Gasteiger partial charge is 0.493 e. The number of aromatic amines is 1. The van der Waals surface area contributed by atoms with Crippen molar-refractivity contribution in [3.63, 3.8) is 0 Å². The number of fused-ring (bicyclic) bond motifs is 1. The first-order valence-corrected chi connectivity index (χ1v) is 11.3. The summed E-state index contributed by atoms with van der Waals surface area (Å²) in [6, 6.07) is 9.16. The molecule has 184 valence electrons. The van der Waals surface area contributed by atoms with Crippen molar-refractivity contribution in [1.29, 1.82) is 0 Å². The van der Waals surface area contributed by atoms with Gasteiger partial charge in [0.15, 0.2) is 23.9 Å². The van der Waals surface area contributed by atoms with Crippen LogP contribution < -0.4 is 14.8 Å². The Bertz CT molecular complexity index is 1360. The lowest BCUT2D eigenvalue weighted by Gasteiger charge is -2.23. The highest BCUT2D eigenvalue weighted by atomic mass is 35.5. The molecule has 0 radical (unpaired) electrons. The number of methoxy groups -OCH3 is 1. The highest BCUT2D eigenvalue weighted by Gasteiger charge is 2.20. The standard InChI is InChI=1S/C24H27ClN6O4/c1-24(2,13-32)28-21(33)12-35-18-8-6-15(9-19(18)34-4)23-27-20(31(3)30-23)10-14-5-7-17-16(22(14)25)11-26-29-17/h5-9,11,32H,10,12-13H2,1-4H3,(H,26,29)(H,28,33). The molecule has 0 fully saturated rings. The van der Waals surface area contributed by atoms with Crippen LogP contribution in [0.2, 0.25) is 5.02 Å². The van der Waals surface area contributed by atoms with Crippen LogP contribution in [-0.4, -0.2) is 61.8 Å². The maximum Gasteiger partial charge on any atom is 0.258 e. The predicted octanol–water partition coefficient (Wildman–Crippen LogP) is 2.88. The van der Waals surface area contributed by atoms with Gasteiger partial charge in [0.25, 0.3) is 5.91 Å². The zero-order chi connectivity index (χ0) is 25.2. The summed E-state index contributed by atoms with van der Waals surface area (Å²) in [7, 11) is 3.35. The summed E-state index contributed by atoms with van der Waals surface area (Å²) in [6.45, 7) is 3.04. The molecule has 0 aliphatic heterocycles. The number of nitrogens with zero attached hydrogens (tertiary/aromatic N) is 4. The third kappa shape index (κ3) is 5.39. The molecule has 35 heavy (non-hydrogen) atoms. The molecule has 2 aromatic carbocycles. The number of benzene rings is 2. The monoisotopic (exact) mass is 498 g/mol. The number of hydrogen-bond donors (Lipinski definition) is 3. The minimum atomic E-state index is -0.731. The number of ether oxygens (including phenoxy) is 2. The number of aliphatic hydroxyl groups is 1. The summed E-state index contributed by atoms with van der Waals surface area (Å²) in [5, 5.41) is 25.0. The molecule has 0 bridgehead atoms. The molecular formula is C24H27ClN6O4. The van der Waals surface area contributed by atoms with E-state index in [1.807, 2.05) is 19.2 Å². The van der Waals surface area contributed by atoms with E-state index in [9.17, 15) is 9.90 Å². The van der Waals surface area contributed by atoms with Crippen LogP contribution in [-0.2, 0) is 18.3 Å². The van der Waals surface area contributed by atoms with Gasteiger partial charge in [-0.3, -0.25) is 14.6 Å². The number of aliphatic hydroxyl groups excluding tert-OH is 1. The lowest BCUT2D eigenvalue weighted by atomic mass is 10.1. The fraction of sp³-hybridized carbons (Fsp3) is 0.333. The number of hydrogen-bond acceptors (Lipinski definition) is 7. The van der Waals surface area contributed by atoms with Gasteiger partial charge < -0.3 is 19.9 Å². The van der Waals surface area contributed by atoms with Crippen LogP contribution in [0.5, 0.6) is 11.5 Å². The van der Waals surface area contributed by atoms with Crippen LogP contribution in [0.3, 0.4) is 0 Å². The van der Waals surface area contributed by atoms with Gasteiger partial charge in [0.05, 0.1) is 36.0 Å². The minimum Gasteiger partial charge on any atom is -0.493 e. The summed E-state index contributed by atoms with van der Waals surface area (Å²) >= 11 is 6.57. The summed E-state index contributed by atoms with van der Waals surface area (Å²) in [5.74, 6) is 1.77. The van der Waals surface area contributed by atoms with E-state index in [0.29, 0.717) is 28.8 Å². The number of aromatic nitrogens is 5. The second kappa shape index (κ2) is 9.93. The van der Waals surface area contributed by atoms with Gasteiger partial charge in [-0.25, -0.2) is 4.98 Å². The number of amides is 1. The fourth-order valence-corrected chi connectivity index (χ4v) is 3.83.